The summed E-state index contributed by atoms with van der Waals surface area (Å²) in [6.07, 6.45) is -5.65. The lowest BCUT2D eigenvalue weighted by Crippen LogP contribution is -2.38. The fourth-order valence-corrected chi connectivity index (χ4v) is 2.66. The number of nitrogens with one attached hydrogen (secondary N) is 1. The molecule has 2 rings (SSSR count). The van der Waals surface area contributed by atoms with E-state index in [1.807, 2.05) is 0 Å². The smallest absolute Gasteiger partial charge is 0.429 e. The number of imidazole rings is 1. The first-order chi connectivity index (χ1) is 11.1. The van der Waals surface area contributed by atoms with Crippen LogP contribution in [0.25, 0.3) is 0 Å². The number of ether oxygens (including phenoxy) is 1. The summed E-state index contributed by atoms with van der Waals surface area (Å²) < 4.78 is 70.6. The van der Waals surface area contributed by atoms with Gasteiger partial charge in [0.1, 0.15) is 12.4 Å². The van der Waals surface area contributed by atoms with Gasteiger partial charge >= 0.3 is 22.5 Å². The van der Waals surface area contributed by atoms with Gasteiger partial charge in [-0.15, -0.1) is 3.97 Å². The van der Waals surface area contributed by atoms with Crippen molar-refractivity contribution in [2.75, 3.05) is 0 Å². The van der Waals surface area contributed by atoms with E-state index in [2.05, 4.69) is 4.74 Å². The van der Waals surface area contributed by atoms with Crippen LogP contribution in [0.3, 0.4) is 0 Å². The fraction of sp³-hybridized carbons (Fsp3) is 0.231. The van der Waals surface area contributed by atoms with Crippen LogP contribution in [0.1, 0.15) is 11.7 Å². The van der Waals surface area contributed by atoms with E-state index in [4.69, 9.17) is 0 Å². The third-order valence-electron chi connectivity index (χ3n) is 2.86. The monoisotopic (exact) mass is 364 g/mol. The summed E-state index contributed by atoms with van der Waals surface area (Å²) in [6.45, 7) is 0. The molecule has 11 heteroatoms. The van der Waals surface area contributed by atoms with Gasteiger partial charge in [-0.1, -0.05) is 30.3 Å². The van der Waals surface area contributed by atoms with Gasteiger partial charge in [-0.25, -0.2) is 9.36 Å². The van der Waals surface area contributed by atoms with Crippen molar-refractivity contribution in [1.29, 1.82) is 0 Å². The van der Waals surface area contributed by atoms with Crippen molar-refractivity contribution < 1.29 is 35.7 Å². The van der Waals surface area contributed by atoms with Crippen LogP contribution < -0.4 is 9.29 Å². The van der Waals surface area contributed by atoms with Crippen LogP contribution in [0.5, 0.6) is 0 Å². The molecule has 1 amide bonds. The molecule has 0 aliphatic carbocycles. The average molecular weight is 364 g/mol. The molecule has 1 aromatic heterocycles. The van der Waals surface area contributed by atoms with Gasteiger partial charge in [0.25, 0.3) is 6.33 Å². The maximum atomic E-state index is 13.1. The first kappa shape index (κ1) is 17.8. The highest BCUT2D eigenvalue weighted by Gasteiger charge is 2.44. The lowest BCUT2D eigenvalue weighted by Gasteiger charge is -2.20. The van der Waals surface area contributed by atoms with Crippen molar-refractivity contribution >= 4 is 16.3 Å². The fourth-order valence-electron chi connectivity index (χ4n) is 1.81. The molecule has 130 valence electrons. The Labute approximate surface area is 135 Å². The molecule has 7 nitrogen and oxygen atoms in total. The average Bonchev–Trinajstić information content (AvgIpc) is 2.91. The summed E-state index contributed by atoms with van der Waals surface area (Å²) in [7, 11) is -2.88. The second kappa shape index (κ2) is 6.51. The number of carbonyl (C=O) groups is 1. The zero-order valence-electron chi connectivity index (χ0n) is 12.3. The molecule has 0 spiro atoms. The number of aromatic nitrogens is 2. The molecule has 0 saturated heterocycles. The van der Waals surface area contributed by atoms with Gasteiger partial charge in [0.15, 0.2) is 0 Å². The molecule has 0 saturated carbocycles. The molecule has 1 aromatic carbocycles. The highest BCUT2D eigenvalue weighted by Crippen LogP contribution is 2.35. The number of amides is 1. The SMILES string of the molecule is C[n+]1ccn(S(=O)(=O)NC(=O)O[C@H](c2ccccc2)C(F)(F)F)c1. The van der Waals surface area contributed by atoms with Crippen LogP contribution in [-0.2, 0) is 22.0 Å². The molecular formula is C13H13F3N3O4S+. The minimum Gasteiger partial charge on any atom is -0.431 e. The molecule has 1 heterocycles. The van der Waals surface area contributed by atoms with E-state index < -0.39 is 28.6 Å². The Morgan fingerprint density at radius 3 is 2.42 bits per heavy atom. The largest absolute Gasteiger partial charge is 0.431 e. The highest BCUT2D eigenvalue weighted by atomic mass is 32.2. The zero-order valence-corrected chi connectivity index (χ0v) is 13.1. The van der Waals surface area contributed by atoms with Crippen LogP contribution in [-0.4, -0.2) is 24.7 Å². The van der Waals surface area contributed by atoms with Crippen molar-refractivity contribution in [2.45, 2.75) is 12.3 Å². The van der Waals surface area contributed by atoms with Crippen molar-refractivity contribution in [1.82, 2.24) is 8.69 Å². The van der Waals surface area contributed by atoms with E-state index in [9.17, 15) is 26.4 Å². The van der Waals surface area contributed by atoms with E-state index in [1.165, 1.54) is 40.7 Å². The summed E-state index contributed by atoms with van der Waals surface area (Å²) in [5.41, 5.74) is -0.329. The van der Waals surface area contributed by atoms with Gasteiger partial charge in [-0.3, -0.25) is 0 Å². The standard InChI is InChI=1S/C13H12F3N3O4S/c1-18-7-8-19(9-18)24(21,22)17-12(20)23-11(13(14,15)16)10-5-3-2-4-6-10/h2-9,11H,1H3/p+1/t11-/m1/s1. The number of halogens is 3. The summed E-state index contributed by atoms with van der Waals surface area (Å²) in [5.74, 6) is 0. The number of carbonyl (C=O) groups excluding carboxylic acids is 1. The van der Waals surface area contributed by atoms with Crippen molar-refractivity contribution in [3.05, 3.63) is 54.6 Å². The number of rotatable bonds is 4. The molecule has 0 aliphatic heterocycles. The van der Waals surface area contributed by atoms with E-state index in [-0.39, 0.29) is 5.56 Å². The maximum absolute atomic E-state index is 13.1. The molecule has 0 radical (unpaired) electrons. The maximum Gasteiger partial charge on any atom is 0.429 e. The Balaban J connectivity index is 2.17. The van der Waals surface area contributed by atoms with Gasteiger partial charge in [0.05, 0.1) is 7.05 Å². The molecule has 1 N–H and O–H groups in total. The number of hydrogen-bond acceptors (Lipinski definition) is 4. The molecule has 2 aromatic rings. The molecule has 0 bridgehead atoms. The van der Waals surface area contributed by atoms with Crippen molar-refractivity contribution in [3.8, 4) is 0 Å². The van der Waals surface area contributed by atoms with Gasteiger partial charge < -0.3 is 4.74 Å². The van der Waals surface area contributed by atoms with E-state index in [0.29, 0.717) is 3.97 Å². The first-order valence-corrected chi connectivity index (χ1v) is 7.92. The van der Waals surface area contributed by atoms with E-state index >= 15 is 0 Å². The third kappa shape index (κ3) is 4.25. The normalized spacial score (nSPS) is 13.3. The lowest BCUT2D eigenvalue weighted by atomic mass is 10.1. The lowest BCUT2D eigenvalue weighted by molar-refractivity contribution is -0.670. The summed E-state index contributed by atoms with van der Waals surface area (Å²) in [5, 5.41) is 0. The predicted octanol–water partition coefficient (Wildman–Crippen LogP) is 1.44. The topological polar surface area (TPSA) is 81.3 Å². The number of benzene rings is 1. The Bertz CT molecular complexity index is 818. The minimum absolute atomic E-state index is 0.329. The number of alkyl halides is 3. The zero-order chi connectivity index (χ0) is 18.0. The minimum atomic E-state index is -4.90. The van der Waals surface area contributed by atoms with Crippen LogP contribution >= 0.6 is 0 Å². The van der Waals surface area contributed by atoms with Gasteiger partial charge in [0, 0.05) is 5.56 Å². The molecule has 0 aliphatic rings. The Morgan fingerprint density at radius 2 is 1.92 bits per heavy atom. The number of aryl methyl sites for hydroxylation is 1. The number of hydrogen-bond donors (Lipinski definition) is 1. The quantitative estimate of drug-likeness (QED) is 0.833. The Morgan fingerprint density at radius 1 is 1.29 bits per heavy atom. The van der Waals surface area contributed by atoms with Crippen molar-refractivity contribution in [2.24, 2.45) is 7.05 Å². The second-order valence-electron chi connectivity index (χ2n) is 4.75. The van der Waals surface area contributed by atoms with Crippen LogP contribution in [0, 0.1) is 0 Å². The van der Waals surface area contributed by atoms with Gasteiger partial charge in [-0.2, -0.15) is 26.3 Å². The van der Waals surface area contributed by atoms with E-state index in [0.717, 1.165) is 24.7 Å². The summed E-state index contributed by atoms with van der Waals surface area (Å²) in [4.78, 5) is 11.6. The summed E-state index contributed by atoms with van der Waals surface area (Å²) >= 11 is 0. The highest BCUT2D eigenvalue weighted by molar-refractivity contribution is 7.88. The Hall–Kier alpha value is -2.56. The van der Waals surface area contributed by atoms with Crippen molar-refractivity contribution in [3.63, 3.8) is 0 Å². The number of nitrogens with zero attached hydrogens (tertiary/aromatic N) is 2. The summed E-state index contributed by atoms with van der Waals surface area (Å²) in [6, 6.07) is 6.41. The molecule has 0 unspecified atom stereocenters. The molecule has 24 heavy (non-hydrogen) atoms. The van der Waals surface area contributed by atoms with Crippen LogP contribution in [0.4, 0.5) is 18.0 Å². The molecular weight excluding hydrogens is 351 g/mol. The first-order valence-electron chi connectivity index (χ1n) is 6.48. The van der Waals surface area contributed by atoms with Crippen LogP contribution in [0.15, 0.2) is 49.1 Å². The van der Waals surface area contributed by atoms with Gasteiger partial charge in [-0.05, 0) is 0 Å². The molecule has 0 fully saturated rings. The van der Waals surface area contributed by atoms with Crippen LogP contribution in [0.2, 0.25) is 0 Å². The Kier molecular flexibility index (Phi) is 4.83. The molecule has 1 atom stereocenters. The predicted molar refractivity (Wildman–Crippen MR) is 74.8 cm³/mol. The third-order valence-corrected chi connectivity index (χ3v) is 4.05. The van der Waals surface area contributed by atoms with Gasteiger partial charge in [0.2, 0.25) is 6.10 Å². The van der Waals surface area contributed by atoms with E-state index in [1.54, 1.807) is 0 Å². The second-order valence-corrected chi connectivity index (χ2v) is 6.33.